The molecule has 1 aromatic carbocycles. The molecule has 0 heterocycles. The van der Waals surface area contributed by atoms with Gasteiger partial charge < -0.3 is 15.7 Å². The fourth-order valence-electron chi connectivity index (χ4n) is 1.41. The molecule has 0 radical (unpaired) electrons. The minimum absolute atomic E-state index is 0.285. The van der Waals surface area contributed by atoms with Crippen molar-refractivity contribution in [1.29, 1.82) is 0 Å². The first-order valence-corrected chi connectivity index (χ1v) is 5.84. The fraction of sp³-hybridized carbons (Fsp3) is 0.333. The topological polar surface area (TPSA) is 61.4 Å². The number of hydrogen-bond donors (Lipinski definition) is 3. The number of thiocarbonyl (C=S) groups is 1. The first-order valence-electron chi connectivity index (χ1n) is 5.44. The van der Waals surface area contributed by atoms with Crippen molar-refractivity contribution in [3.05, 3.63) is 29.3 Å². The zero-order chi connectivity index (χ0) is 12.8. The molecular weight excluding hydrogens is 236 g/mol. The van der Waals surface area contributed by atoms with E-state index in [1.54, 1.807) is 19.1 Å². The summed E-state index contributed by atoms with van der Waals surface area (Å²) >= 11 is 5.10. The van der Waals surface area contributed by atoms with Crippen LogP contribution in [0.5, 0.6) is 0 Å². The highest BCUT2D eigenvalue weighted by Gasteiger charge is 2.10. The van der Waals surface area contributed by atoms with Gasteiger partial charge in [-0.15, -0.1) is 0 Å². The van der Waals surface area contributed by atoms with Gasteiger partial charge >= 0.3 is 5.97 Å². The van der Waals surface area contributed by atoms with Crippen molar-refractivity contribution in [2.45, 2.75) is 20.3 Å². The minimum atomic E-state index is -0.932. The molecule has 17 heavy (non-hydrogen) atoms. The second-order valence-electron chi connectivity index (χ2n) is 3.66. The Balaban J connectivity index is 2.81. The number of benzene rings is 1. The average molecular weight is 252 g/mol. The molecule has 0 spiro atoms. The summed E-state index contributed by atoms with van der Waals surface area (Å²) in [5.41, 5.74) is 1.69. The number of carboxylic acids is 1. The molecule has 0 aliphatic carbocycles. The molecule has 4 nitrogen and oxygen atoms in total. The molecule has 0 fully saturated rings. The van der Waals surface area contributed by atoms with Crippen LogP contribution in [0.15, 0.2) is 18.2 Å². The number of hydrogen-bond acceptors (Lipinski definition) is 2. The Morgan fingerprint density at radius 2 is 2.18 bits per heavy atom. The van der Waals surface area contributed by atoms with Crippen molar-refractivity contribution in [3.8, 4) is 0 Å². The van der Waals surface area contributed by atoms with Crippen LogP contribution < -0.4 is 10.6 Å². The number of nitrogens with one attached hydrogen (secondary N) is 2. The van der Waals surface area contributed by atoms with Gasteiger partial charge in [0.25, 0.3) is 0 Å². The van der Waals surface area contributed by atoms with Gasteiger partial charge in [-0.2, -0.15) is 0 Å². The Bertz CT molecular complexity index is 433. The van der Waals surface area contributed by atoms with Crippen LogP contribution in [0.1, 0.15) is 29.3 Å². The van der Waals surface area contributed by atoms with E-state index in [4.69, 9.17) is 17.3 Å². The van der Waals surface area contributed by atoms with Crippen LogP contribution in [0.3, 0.4) is 0 Å². The number of carboxylic acid groups (broad SMARTS) is 1. The monoisotopic (exact) mass is 252 g/mol. The van der Waals surface area contributed by atoms with Crippen LogP contribution in [-0.4, -0.2) is 22.7 Å². The lowest BCUT2D eigenvalue weighted by Gasteiger charge is -2.13. The second kappa shape index (κ2) is 6.20. The quantitative estimate of drug-likeness (QED) is 0.718. The molecule has 0 bridgehead atoms. The minimum Gasteiger partial charge on any atom is -0.478 e. The highest BCUT2D eigenvalue weighted by Crippen LogP contribution is 2.18. The molecular formula is C12H16N2O2S. The number of carbonyl (C=O) groups is 1. The van der Waals surface area contributed by atoms with Gasteiger partial charge in [0.15, 0.2) is 5.11 Å². The van der Waals surface area contributed by atoms with Crippen LogP contribution in [0, 0.1) is 6.92 Å². The van der Waals surface area contributed by atoms with Crippen LogP contribution >= 0.6 is 12.2 Å². The summed E-state index contributed by atoms with van der Waals surface area (Å²) in [4.78, 5) is 11.0. The van der Waals surface area contributed by atoms with Gasteiger partial charge in [-0.25, -0.2) is 4.79 Å². The normalized spacial score (nSPS) is 9.76. The van der Waals surface area contributed by atoms with E-state index >= 15 is 0 Å². The van der Waals surface area contributed by atoms with Gasteiger partial charge in [0, 0.05) is 12.2 Å². The average Bonchev–Trinajstić information content (AvgIpc) is 2.28. The van der Waals surface area contributed by atoms with E-state index in [0.29, 0.717) is 10.7 Å². The predicted molar refractivity (Wildman–Crippen MR) is 72.7 cm³/mol. The van der Waals surface area contributed by atoms with Crippen molar-refractivity contribution < 1.29 is 9.90 Å². The summed E-state index contributed by atoms with van der Waals surface area (Å²) in [6, 6.07) is 5.08. The maximum atomic E-state index is 11.0. The van der Waals surface area contributed by atoms with E-state index in [2.05, 4.69) is 10.6 Å². The SMILES string of the molecule is CCCNC(=S)Nc1cccc(C(=O)O)c1C. The summed E-state index contributed by atoms with van der Waals surface area (Å²) in [6.07, 6.45) is 0.982. The molecule has 0 aliphatic rings. The third-order valence-electron chi connectivity index (χ3n) is 2.35. The zero-order valence-electron chi connectivity index (χ0n) is 9.91. The Morgan fingerprint density at radius 1 is 1.47 bits per heavy atom. The lowest BCUT2D eigenvalue weighted by molar-refractivity contribution is 0.0696. The molecule has 0 aromatic heterocycles. The maximum Gasteiger partial charge on any atom is 0.336 e. The highest BCUT2D eigenvalue weighted by molar-refractivity contribution is 7.80. The van der Waals surface area contributed by atoms with E-state index in [1.807, 2.05) is 13.0 Å². The van der Waals surface area contributed by atoms with Crippen molar-refractivity contribution in [2.24, 2.45) is 0 Å². The van der Waals surface area contributed by atoms with Crippen LogP contribution in [0.2, 0.25) is 0 Å². The van der Waals surface area contributed by atoms with Gasteiger partial charge in [-0.05, 0) is 43.3 Å². The Labute approximate surface area is 106 Å². The Morgan fingerprint density at radius 3 is 2.76 bits per heavy atom. The van der Waals surface area contributed by atoms with Crippen LogP contribution in [0.25, 0.3) is 0 Å². The molecule has 3 N–H and O–H groups in total. The van der Waals surface area contributed by atoms with Crippen LogP contribution in [-0.2, 0) is 0 Å². The number of aromatic carboxylic acids is 1. The third-order valence-corrected chi connectivity index (χ3v) is 2.59. The van der Waals surface area contributed by atoms with Crippen LogP contribution in [0.4, 0.5) is 5.69 Å². The zero-order valence-corrected chi connectivity index (χ0v) is 10.7. The van der Waals surface area contributed by atoms with Gasteiger partial charge in [0.2, 0.25) is 0 Å². The molecule has 0 amide bonds. The van der Waals surface area contributed by atoms with Crippen molar-refractivity contribution in [2.75, 3.05) is 11.9 Å². The van der Waals surface area contributed by atoms with Gasteiger partial charge in [-0.3, -0.25) is 0 Å². The molecule has 0 unspecified atom stereocenters. The summed E-state index contributed by atoms with van der Waals surface area (Å²) in [5, 5.41) is 15.5. The van der Waals surface area contributed by atoms with Gasteiger partial charge in [-0.1, -0.05) is 13.0 Å². The summed E-state index contributed by atoms with van der Waals surface area (Å²) in [7, 11) is 0. The van der Waals surface area contributed by atoms with E-state index < -0.39 is 5.97 Å². The Kier molecular flexibility index (Phi) is 4.90. The van der Waals surface area contributed by atoms with E-state index in [0.717, 1.165) is 18.7 Å². The molecule has 5 heteroatoms. The molecule has 0 aliphatic heterocycles. The summed E-state index contributed by atoms with van der Waals surface area (Å²) in [5.74, 6) is -0.932. The van der Waals surface area contributed by atoms with Crippen molar-refractivity contribution in [3.63, 3.8) is 0 Å². The maximum absolute atomic E-state index is 11.0. The first-order chi connectivity index (χ1) is 8.06. The fourth-order valence-corrected chi connectivity index (χ4v) is 1.62. The largest absolute Gasteiger partial charge is 0.478 e. The third kappa shape index (κ3) is 3.71. The lowest BCUT2D eigenvalue weighted by atomic mass is 10.1. The molecule has 0 atom stereocenters. The van der Waals surface area contributed by atoms with E-state index in [-0.39, 0.29) is 5.56 Å². The first kappa shape index (κ1) is 13.4. The molecule has 1 aromatic rings. The summed E-state index contributed by atoms with van der Waals surface area (Å²) in [6.45, 7) is 4.60. The second-order valence-corrected chi connectivity index (χ2v) is 4.07. The standard InChI is InChI=1S/C12H16N2O2S/c1-3-7-13-12(17)14-10-6-4-5-9(8(10)2)11(15)16/h4-6H,3,7H2,1-2H3,(H,15,16)(H2,13,14,17). The molecule has 1 rings (SSSR count). The van der Waals surface area contributed by atoms with E-state index in [1.165, 1.54) is 0 Å². The Hall–Kier alpha value is -1.62. The van der Waals surface area contributed by atoms with Crippen molar-refractivity contribution in [1.82, 2.24) is 5.32 Å². The molecule has 92 valence electrons. The van der Waals surface area contributed by atoms with Crippen molar-refractivity contribution >= 4 is 29.0 Å². The molecule has 0 saturated carbocycles. The number of anilines is 1. The molecule has 0 saturated heterocycles. The smallest absolute Gasteiger partial charge is 0.336 e. The summed E-state index contributed by atoms with van der Waals surface area (Å²) < 4.78 is 0. The number of rotatable bonds is 4. The van der Waals surface area contributed by atoms with Gasteiger partial charge in [0.1, 0.15) is 0 Å². The van der Waals surface area contributed by atoms with E-state index in [9.17, 15) is 4.79 Å². The highest BCUT2D eigenvalue weighted by atomic mass is 32.1. The predicted octanol–water partition coefficient (Wildman–Crippen LogP) is 2.39. The lowest BCUT2D eigenvalue weighted by Crippen LogP contribution is -2.29. The van der Waals surface area contributed by atoms with Gasteiger partial charge in [0.05, 0.1) is 5.56 Å².